The Morgan fingerprint density at radius 1 is 0.963 bits per heavy atom. The molecule has 0 radical (unpaired) electrons. The predicted molar refractivity (Wildman–Crippen MR) is 93.4 cm³/mol. The molecule has 0 spiro atoms. The van der Waals surface area contributed by atoms with Crippen LogP contribution in [-0.2, 0) is 4.79 Å². The molecule has 0 atom stereocenters. The van der Waals surface area contributed by atoms with Crippen LogP contribution in [0.25, 0.3) is 0 Å². The molecule has 142 valence electrons. The van der Waals surface area contributed by atoms with Gasteiger partial charge in [-0.3, -0.25) is 25.0 Å². The van der Waals surface area contributed by atoms with Crippen molar-refractivity contribution in [1.82, 2.24) is 0 Å². The minimum absolute atomic E-state index is 0.0179. The van der Waals surface area contributed by atoms with E-state index in [2.05, 4.69) is 5.32 Å². The summed E-state index contributed by atoms with van der Waals surface area (Å²) in [5.41, 5.74) is -0.599. The van der Waals surface area contributed by atoms with Crippen molar-refractivity contribution >= 4 is 23.0 Å². The molecule has 2 aromatic rings. The smallest absolute Gasteiger partial charge is 0.311 e. The molecule has 0 saturated heterocycles. The molecule has 0 aliphatic heterocycles. The maximum atomic E-state index is 12.0. The van der Waals surface area contributed by atoms with E-state index >= 15 is 0 Å². The summed E-state index contributed by atoms with van der Waals surface area (Å²) in [4.78, 5) is 32.7. The molecule has 1 N–H and O–H groups in total. The van der Waals surface area contributed by atoms with Crippen LogP contribution in [0.2, 0.25) is 0 Å². The Bertz CT molecular complexity index is 884. The van der Waals surface area contributed by atoms with E-state index in [1.165, 1.54) is 50.6 Å². The average Bonchev–Trinajstić information content (AvgIpc) is 2.66. The standard InChI is InChI=1S/C16H15N3O8/c1-25-10-3-5-12(14(7-10)19(23)24)17-16(20)9-27-11-4-6-13(18(21)22)15(8-11)26-2/h3-8H,9H2,1-2H3,(H,17,20). The second-order valence-electron chi connectivity index (χ2n) is 5.07. The zero-order chi connectivity index (χ0) is 20.0. The first-order valence-corrected chi connectivity index (χ1v) is 7.43. The summed E-state index contributed by atoms with van der Waals surface area (Å²) in [6.45, 7) is -0.468. The number of hydrogen-bond donors (Lipinski definition) is 1. The summed E-state index contributed by atoms with van der Waals surface area (Å²) in [5.74, 6) is -0.241. The number of nitrogens with zero attached hydrogens (tertiary/aromatic N) is 2. The molecule has 0 bridgehead atoms. The number of hydrogen-bond acceptors (Lipinski definition) is 8. The minimum Gasteiger partial charge on any atom is -0.496 e. The van der Waals surface area contributed by atoms with Crippen molar-refractivity contribution in [3.63, 3.8) is 0 Å². The second kappa shape index (κ2) is 8.47. The largest absolute Gasteiger partial charge is 0.496 e. The highest BCUT2D eigenvalue weighted by atomic mass is 16.6. The number of carbonyl (C=O) groups excluding carboxylic acids is 1. The quantitative estimate of drug-likeness (QED) is 0.546. The van der Waals surface area contributed by atoms with Crippen molar-refractivity contribution in [3.8, 4) is 17.2 Å². The molecule has 27 heavy (non-hydrogen) atoms. The monoisotopic (exact) mass is 377 g/mol. The van der Waals surface area contributed by atoms with E-state index in [0.717, 1.165) is 0 Å². The van der Waals surface area contributed by atoms with Crippen LogP contribution < -0.4 is 19.5 Å². The number of benzene rings is 2. The first kappa shape index (κ1) is 19.4. The summed E-state index contributed by atoms with van der Waals surface area (Å²) in [5, 5.41) is 24.3. The van der Waals surface area contributed by atoms with Gasteiger partial charge >= 0.3 is 5.69 Å². The van der Waals surface area contributed by atoms with Crippen LogP contribution in [0, 0.1) is 20.2 Å². The molecule has 1 amide bonds. The summed E-state index contributed by atoms with van der Waals surface area (Å²) in [6, 6.07) is 7.73. The van der Waals surface area contributed by atoms with E-state index in [0.29, 0.717) is 0 Å². The number of ether oxygens (including phenoxy) is 3. The van der Waals surface area contributed by atoms with Crippen LogP contribution >= 0.6 is 0 Å². The van der Waals surface area contributed by atoms with Crippen molar-refractivity contribution in [1.29, 1.82) is 0 Å². The number of amides is 1. The lowest BCUT2D eigenvalue weighted by Crippen LogP contribution is -2.20. The Morgan fingerprint density at radius 2 is 1.63 bits per heavy atom. The Morgan fingerprint density at radius 3 is 2.22 bits per heavy atom. The summed E-state index contributed by atoms with van der Waals surface area (Å²) in [7, 11) is 2.63. The molecule has 0 aromatic heterocycles. The number of carbonyl (C=O) groups is 1. The van der Waals surface area contributed by atoms with Crippen LogP contribution in [0.4, 0.5) is 17.1 Å². The fourth-order valence-electron chi connectivity index (χ4n) is 2.13. The predicted octanol–water partition coefficient (Wildman–Crippen LogP) is 2.54. The fourth-order valence-corrected chi connectivity index (χ4v) is 2.13. The van der Waals surface area contributed by atoms with Gasteiger partial charge in [0.05, 0.1) is 30.1 Å². The zero-order valence-electron chi connectivity index (χ0n) is 14.3. The Labute approximate surface area is 152 Å². The molecule has 0 unspecified atom stereocenters. The molecule has 0 saturated carbocycles. The van der Waals surface area contributed by atoms with Gasteiger partial charge in [0.25, 0.3) is 11.6 Å². The second-order valence-corrected chi connectivity index (χ2v) is 5.07. The highest BCUT2D eigenvalue weighted by Gasteiger charge is 2.18. The van der Waals surface area contributed by atoms with Gasteiger partial charge in [-0.05, 0) is 18.2 Å². The van der Waals surface area contributed by atoms with Gasteiger partial charge in [0.15, 0.2) is 6.61 Å². The van der Waals surface area contributed by atoms with Gasteiger partial charge in [-0.25, -0.2) is 0 Å². The Hall–Kier alpha value is -3.89. The first-order chi connectivity index (χ1) is 12.8. The van der Waals surface area contributed by atoms with E-state index in [9.17, 15) is 25.0 Å². The fraction of sp³-hybridized carbons (Fsp3) is 0.188. The summed E-state index contributed by atoms with van der Waals surface area (Å²) in [6.07, 6.45) is 0. The summed E-state index contributed by atoms with van der Waals surface area (Å²) >= 11 is 0. The number of methoxy groups -OCH3 is 2. The molecule has 0 aliphatic carbocycles. The molecule has 2 aromatic carbocycles. The lowest BCUT2D eigenvalue weighted by Gasteiger charge is -2.10. The molecule has 11 nitrogen and oxygen atoms in total. The first-order valence-electron chi connectivity index (χ1n) is 7.43. The maximum Gasteiger partial charge on any atom is 0.311 e. The molecule has 11 heteroatoms. The number of anilines is 1. The van der Waals surface area contributed by atoms with Gasteiger partial charge in [0.2, 0.25) is 5.75 Å². The van der Waals surface area contributed by atoms with Gasteiger partial charge < -0.3 is 19.5 Å². The zero-order valence-corrected chi connectivity index (χ0v) is 14.3. The highest BCUT2D eigenvalue weighted by Crippen LogP contribution is 2.31. The lowest BCUT2D eigenvalue weighted by molar-refractivity contribution is -0.385. The SMILES string of the molecule is COc1ccc(NC(=O)COc2ccc([N+](=O)[O-])c(OC)c2)c([N+](=O)[O-])c1. The highest BCUT2D eigenvalue weighted by molar-refractivity contribution is 5.94. The van der Waals surface area contributed by atoms with E-state index < -0.39 is 22.4 Å². The minimum atomic E-state index is -0.653. The van der Waals surface area contributed by atoms with Gasteiger partial charge in [0, 0.05) is 12.1 Å². The molecule has 2 rings (SSSR count). The number of nitro benzene ring substituents is 2. The van der Waals surface area contributed by atoms with Gasteiger partial charge in [-0.15, -0.1) is 0 Å². The molecule has 0 aliphatic rings. The maximum absolute atomic E-state index is 12.0. The van der Waals surface area contributed by atoms with E-state index in [1.807, 2.05) is 0 Å². The van der Waals surface area contributed by atoms with Gasteiger partial charge in [0.1, 0.15) is 17.2 Å². The van der Waals surface area contributed by atoms with Gasteiger partial charge in [-0.1, -0.05) is 0 Å². The third-order valence-corrected chi connectivity index (χ3v) is 3.39. The van der Waals surface area contributed by atoms with Crippen molar-refractivity contribution in [2.24, 2.45) is 0 Å². The average molecular weight is 377 g/mol. The van der Waals surface area contributed by atoms with E-state index in [-0.39, 0.29) is 34.3 Å². The molecular formula is C16H15N3O8. The molecule has 0 fully saturated rings. The number of rotatable bonds is 8. The van der Waals surface area contributed by atoms with Crippen LogP contribution in [-0.4, -0.2) is 36.6 Å². The normalized spacial score (nSPS) is 10.0. The van der Waals surface area contributed by atoms with Crippen LogP contribution in [0.15, 0.2) is 36.4 Å². The van der Waals surface area contributed by atoms with Crippen LogP contribution in [0.1, 0.15) is 0 Å². The molecule has 0 heterocycles. The number of nitrogens with one attached hydrogen (secondary N) is 1. The van der Waals surface area contributed by atoms with Gasteiger partial charge in [-0.2, -0.15) is 0 Å². The third kappa shape index (κ3) is 4.81. The van der Waals surface area contributed by atoms with Crippen LogP contribution in [0.3, 0.4) is 0 Å². The Kier molecular flexibility index (Phi) is 6.10. The van der Waals surface area contributed by atoms with Crippen LogP contribution in [0.5, 0.6) is 17.2 Å². The number of nitro groups is 2. The van der Waals surface area contributed by atoms with E-state index in [1.54, 1.807) is 0 Å². The molecular weight excluding hydrogens is 362 g/mol. The topological polar surface area (TPSA) is 143 Å². The third-order valence-electron chi connectivity index (χ3n) is 3.39. The van der Waals surface area contributed by atoms with Crippen molar-refractivity contribution in [2.45, 2.75) is 0 Å². The lowest BCUT2D eigenvalue weighted by atomic mass is 10.2. The van der Waals surface area contributed by atoms with Crippen molar-refractivity contribution < 1.29 is 28.9 Å². The Balaban J connectivity index is 2.07. The van der Waals surface area contributed by atoms with Crippen molar-refractivity contribution in [3.05, 3.63) is 56.6 Å². The van der Waals surface area contributed by atoms with E-state index in [4.69, 9.17) is 14.2 Å². The summed E-state index contributed by atoms with van der Waals surface area (Å²) < 4.78 is 15.1. The van der Waals surface area contributed by atoms with Crippen molar-refractivity contribution in [2.75, 3.05) is 26.1 Å².